The van der Waals surface area contributed by atoms with Crippen LogP contribution in [0.2, 0.25) is 0 Å². The molecule has 1 aromatic heterocycles. The van der Waals surface area contributed by atoms with Crippen molar-refractivity contribution in [3.63, 3.8) is 0 Å². The van der Waals surface area contributed by atoms with E-state index in [0.29, 0.717) is 0 Å². The molecule has 0 saturated carbocycles. The van der Waals surface area contributed by atoms with Gasteiger partial charge in [0.15, 0.2) is 11.5 Å². The van der Waals surface area contributed by atoms with Crippen LogP contribution in [-0.4, -0.2) is 125 Å². The van der Waals surface area contributed by atoms with Crippen LogP contribution >= 0.6 is 0 Å². The van der Waals surface area contributed by atoms with Crippen molar-refractivity contribution in [3.05, 3.63) is 34.0 Å². The maximum Gasteiger partial charge on any atom is 0.229 e. The van der Waals surface area contributed by atoms with Gasteiger partial charge in [-0.1, -0.05) is 0 Å². The van der Waals surface area contributed by atoms with Crippen LogP contribution in [0, 0.1) is 0 Å². The number of rotatable bonds is 5. The van der Waals surface area contributed by atoms with Crippen LogP contribution in [0.15, 0.2) is 27.4 Å². The standard InChI is InChI=1S/C25H28O16/c26-4-12-17(31)20(34)22(36)24(39-12)14-8(29)3-11-15(19(14)33)16(30)6-1-10(7(28)2-9(6)38-11)40-25-23(37)21(35)18(32)13(5-27)41-25/h1-3,12-13,17-18,20-29,31-37H,4-5H2. The molecule has 0 radical (unpaired) electrons. The Hall–Kier alpha value is -3.29. The number of aliphatic hydroxyl groups excluding tert-OH is 8. The summed E-state index contributed by atoms with van der Waals surface area (Å²) >= 11 is 0. The van der Waals surface area contributed by atoms with E-state index in [9.17, 15) is 61.0 Å². The van der Waals surface area contributed by atoms with Gasteiger partial charge in [0.2, 0.25) is 11.7 Å². The number of phenols is 3. The molecule has 0 spiro atoms. The summed E-state index contributed by atoms with van der Waals surface area (Å²) in [5, 5.41) is 111. The number of ether oxygens (including phenoxy) is 3. The molecule has 0 amide bonds. The molecule has 2 aromatic carbocycles. The minimum absolute atomic E-state index is 0.236. The van der Waals surface area contributed by atoms with Crippen molar-refractivity contribution < 1.29 is 74.8 Å². The zero-order chi connectivity index (χ0) is 29.9. The first-order chi connectivity index (χ1) is 19.4. The highest BCUT2D eigenvalue weighted by atomic mass is 16.7. The summed E-state index contributed by atoms with van der Waals surface area (Å²) in [5.74, 6) is -2.72. The smallest absolute Gasteiger partial charge is 0.229 e. The molecule has 0 bridgehead atoms. The van der Waals surface area contributed by atoms with Crippen molar-refractivity contribution in [2.24, 2.45) is 0 Å². The molecule has 41 heavy (non-hydrogen) atoms. The third-order valence-electron chi connectivity index (χ3n) is 7.30. The Labute approximate surface area is 228 Å². The van der Waals surface area contributed by atoms with E-state index in [1.165, 1.54) is 0 Å². The Morgan fingerprint density at radius 3 is 1.93 bits per heavy atom. The van der Waals surface area contributed by atoms with Gasteiger partial charge in [0.1, 0.15) is 83.0 Å². The second-order valence-corrected chi connectivity index (χ2v) is 9.84. The van der Waals surface area contributed by atoms with Crippen molar-refractivity contribution in [1.29, 1.82) is 0 Å². The molecule has 0 aliphatic carbocycles. The van der Waals surface area contributed by atoms with Crippen LogP contribution in [0.5, 0.6) is 23.0 Å². The number of benzene rings is 2. The molecule has 16 heteroatoms. The van der Waals surface area contributed by atoms with Gasteiger partial charge in [0, 0.05) is 12.1 Å². The SMILES string of the molecule is O=c1c2cc(OC3OC(CO)C(O)C(O)C3O)c(O)cc2oc2cc(O)c(C3OC(CO)C(O)C(O)C3O)c(O)c12. The summed E-state index contributed by atoms with van der Waals surface area (Å²) in [7, 11) is 0. The number of hydrogen-bond donors (Lipinski definition) is 11. The minimum Gasteiger partial charge on any atom is -0.507 e. The second kappa shape index (κ2) is 10.8. The van der Waals surface area contributed by atoms with E-state index < -0.39 is 114 Å². The predicted octanol–water partition coefficient (Wildman–Crippen LogP) is -3.24. The van der Waals surface area contributed by atoms with E-state index in [0.717, 1.165) is 18.2 Å². The number of aliphatic hydroxyl groups is 8. The first-order valence-electron chi connectivity index (χ1n) is 12.4. The third kappa shape index (κ3) is 4.73. The van der Waals surface area contributed by atoms with Crippen LogP contribution in [0.3, 0.4) is 0 Å². The molecule has 3 heterocycles. The molecule has 5 rings (SSSR count). The quantitative estimate of drug-likeness (QED) is 0.131. The number of aromatic hydroxyl groups is 3. The average Bonchev–Trinajstić information content (AvgIpc) is 2.93. The van der Waals surface area contributed by atoms with Crippen LogP contribution in [-0.2, 0) is 9.47 Å². The summed E-state index contributed by atoms with van der Waals surface area (Å²) < 4.78 is 21.7. The van der Waals surface area contributed by atoms with E-state index in [-0.39, 0.29) is 16.6 Å². The Balaban J connectivity index is 1.60. The average molecular weight is 584 g/mol. The van der Waals surface area contributed by atoms with Gasteiger partial charge in [-0.15, -0.1) is 0 Å². The Kier molecular flexibility index (Phi) is 7.72. The zero-order valence-electron chi connectivity index (χ0n) is 20.9. The first-order valence-corrected chi connectivity index (χ1v) is 12.4. The van der Waals surface area contributed by atoms with E-state index in [2.05, 4.69) is 0 Å². The van der Waals surface area contributed by atoms with Gasteiger partial charge < -0.3 is 74.8 Å². The van der Waals surface area contributed by atoms with Gasteiger partial charge in [0.05, 0.1) is 24.2 Å². The number of phenolic OH excluding ortho intramolecular Hbond substituents is 3. The Morgan fingerprint density at radius 2 is 1.29 bits per heavy atom. The molecule has 10 unspecified atom stereocenters. The van der Waals surface area contributed by atoms with E-state index in [1.807, 2.05) is 0 Å². The minimum atomic E-state index is -1.90. The van der Waals surface area contributed by atoms with Crippen molar-refractivity contribution in [2.45, 2.75) is 61.2 Å². The molecular formula is C25H28O16. The van der Waals surface area contributed by atoms with Gasteiger partial charge >= 0.3 is 0 Å². The molecule has 2 saturated heterocycles. The largest absolute Gasteiger partial charge is 0.507 e. The summed E-state index contributed by atoms with van der Waals surface area (Å²) in [6, 6.07) is 2.84. The molecule has 2 aliphatic rings. The highest BCUT2D eigenvalue weighted by Gasteiger charge is 2.47. The van der Waals surface area contributed by atoms with Crippen LogP contribution in [0.1, 0.15) is 11.7 Å². The van der Waals surface area contributed by atoms with Gasteiger partial charge in [-0.3, -0.25) is 4.79 Å². The summed E-state index contributed by atoms with van der Waals surface area (Å²) in [5.41, 5.74) is -2.06. The zero-order valence-corrected chi connectivity index (χ0v) is 20.9. The maximum atomic E-state index is 13.5. The predicted molar refractivity (Wildman–Crippen MR) is 132 cm³/mol. The molecule has 2 fully saturated rings. The van der Waals surface area contributed by atoms with Gasteiger partial charge in [0.25, 0.3) is 0 Å². The Bertz CT molecular complexity index is 1500. The fourth-order valence-electron chi connectivity index (χ4n) is 5.02. The van der Waals surface area contributed by atoms with Gasteiger partial charge in [-0.05, 0) is 6.07 Å². The molecule has 2 aliphatic heterocycles. The van der Waals surface area contributed by atoms with Crippen molar-refractivity contribution >= 4 is 21.9 Å². The number of fused-ring (bicyclic) bond motifs is 2. The van der Waals surface area contributed by atoms with Crippen molar-refractivity contribution in [2.75, 3.05) is 13.2 Å². The van der Waals surface area contributed by atoms with Crippen LogP contribution in [0.4, 0.5) is 0 Å². The maximum absolute atomic E-state index is 13.5. The van der Waals surface area contributed by atoms with Crippen LogP contribution in [0.25, 0.3) is 21.9 Å². The normalized spacial score (nSPS) is 34.2. The lowest BCUT2D eigenvalue weighted by Gasteiger charge is -2.40. The lowest BCUT2D eigenvalue weighted by Crippen LogP contribution is -2.60. The van der Waals surface area contributed by atoms with Crippen molar-refractivity contribution in [1.82, 2.24) is 0 Å². The highest BCUT2D eigenvalue weighted by Crippen LogP contribution is 2.45. The molecular weight excluding hydrogens is 556 g/mol. The van der Waals surface area contributed by atoms with Crippen molar-refractivity contribution in [3.8, 4) is 23.0 Å². The molecule has 10 atom stereocenters. The molecule has 16 nitrogen and oxygen atoms in total. The summed E-state index contributed by atoms with van der Waals surface area (Å²) in [4.78, 5) is 13.5. The fraction of sp³-hybridized carbons (Fsp3) is 0.480. The van der Waals surface area contributed by atoms with E-state index in [4.69, 9.17) is 18.6 Å². The van der Waals surface area contributed by atoms with Crippen LogP contribution < -0.4 is 10.2 Å². The lowest BCUT2D eigenvalue weighted by molar-refractivity contribution is -0.277. The molecule has 11 N–H and O–H groups in total. The summed E-state index contributed by atoms with van der Waals surface area (Å²) in [6.45, 7) is -1.53. The fourth-order valence-corrected chi connectivity index (χ4v) is 5.02. The van der Waals surface area contributed by atoms with E-state index in [1.54, 1.807) is 0 Å². The third-order valence-corrected chi connectivity index (χ3v) is 7.30. The monoisotopic (exact) mass is 584 g/mol. The summed E-state index contributed by atoms with van der Waals surface area (Å²) in [6.07, 6.45) is -16.9. The Morgan fingerprint density at radius 1 is 0.707 bits per heavy atom. The highest BCUT2D eigenvalue weighted by molar-refractivity contribution is 5.96. The molecule has 224 valence electrons. The van der Waals surface area contributed by atoms with Gasteiger partial charge in [-0.25, -0.2) is 0 Å². The first kappa shape index (κ1) is 29.2. The lowest BCUT2D eigenvalue weighted by atomic mass is 9.89. The van der Waals surface area contributed by atoms with Gasteiger partial charge in [-0.2, -0.15) is 0 Å². The molecule has 3 aromatic rings. The van der Waals surface area contributed by atoms with E-state index >= 15 is 0 Å². The topological polar surface area (TPSA) is 280 Å². The second-order valence-electron chi connectivity index (χ2n) is 9.84. The number of hydrogen-bond acceptors (Lipinski definition) is 16.